The molecule has 2 atom stereocenters. The van der Waals surface area contributed by atoms with Crippen LogP contribution in [0, 0.1) is 5.92 Å². The van der Waals surface area contributed by atoms with Crippen molar-refractivity contribution in [1.82, 2.24) is 5.32 Å². The number of alkyl halides is 3. The normalized spacial score (nSPS) is 22.4. The van der Waals surface area contributed by atoms with E-state index in [4.69, 9.17) is 5.73 Å². The molecule has 94 valence electrons. The van der Waals surface area contributed by atoms with Crippen molar-refractivity contribution in [2.75, 3.05) is 0 Å². The van der Waals surface area contributed by atoms with Crippen molar-refractivity contribution >= 4 is 5.91 Å². The molecule has 0 spiro atoms. The smallest absolute Gasteiger partial charge is 0.341 e. The molecule has 1 saturated carbocycles. The molecular formula is C10H17F3N2O. The van der Waals surface area contributed by atoms with E-state index in [0.717, 1.165) is 0 Å². The number of carbonyl (C=O) groups excluding carboxylic acids is 1. The lowest BCUT2D eigenvalue weighted by atomic mass is 9.99. The molecule has 0 aliphatic heterocycles. The lowest BCUT2D eigenvalue weighted by Crippen LogP contribution is -2.54. The lowest BCUT2D eigenvalue weighted by molar-refractivity contribution is -0.171. The van der Waals surface area contributed by atoms with Gasteiger partial charge in [0.05, 0.1) is 6.04 Å². The average molecular weight is 238 g/mol. The number of nitrogens with two attached hydrogens (primary N) is 1. The highest BCUT2D eigenvalue weighted by Gasteiger charge is 2.64. The van der Waals surface area contributed by atoms with E-state index in [1.165, 1.54) is 0 Å². The Balaban J connectivity index is 2.59. The van der Waals surface area contributed by atoms with Crippen LogP contribution in [0.1, 0.15) is 33.1 Å². The second kappa shape index (κ2) is 4.24. The van der Waals surface area contributed by atoms with Crippen LogP contribution in [0.5, 0.6) is 0 Å². The van der Waals surface area contributed by atoms with Crippen LogP contribution in [0.15, 0.2) is 0 Å². The van der Waals surface area contributed by atoms with Crippen LogP contribution in [-0.4, -0.2) is 23.7 Å². The zero-order valence-corrected chi connectivity index (χ0v) is 9.40. The predicted molar refractivity (Wildman–Crippen MR) is 53.6 cm³/mol. The van der Waals surface area contributed by atoms with Crippen molar-refractivity contribution in [3.63, 3.8) is 0 Å². The van der Waals surface area contributed by atoms with Crippen molar-refractivity contribution in [3.8, 4) is 0 Å². The third kappa shape index (κ3) is 2.48. The average Bonchev–Trinajstić information content (AvgIpc) is 2.95. The van der Waals surface area contributed by atoms with Crippen molar-refractivity contribution in [3.05, 3.63) is 0 Å². The van der Waals surface area contributed by atoms with E-state index in [1.807, 2.05) is 12.2 Å². The summed E-state index contributed by atoms with van der Waals surface area (Å²) in [5.41, 5.74) is 3.57. The van der Waals surface area contributed by atoms with Gasteiger partial charge in [-0.05, 0) is 18.8 Å². The second-order valence-corrected chi connectivity index (χ2v) is 4.48. The van der Waals surface area contributed by atoms with Gasteiger partial charge in [0.1, 0.15) is 5.54 Å². The quantitative estimate of drug-likeness (QED) is 0.781. The van der Waals surface area contributed by atoms with Crippen molar-refractivity contribution < 1.29 is 18.0 Å². The van der Waals surface area contributed by atoms with Gasteiger partial charge in [0.15, 0.2) is 0 Å². The summed E-state index contributed by atoms with van der Waals surface area (Å²) in [5, 5.41) is 2.03. The number of amides is 1. The summed E-state index contributed by atoms with van der Waals surface area (Å²) >= 11 is 0. The maximum atomic E-state index is 12.5. The molecule has 1 amide bonds. The van der Waals surface area contributed by atoms with Crippen molar-refractivity contribution in [1.29, 1.82) is 0 Å². The van der Waals surface area contributed by atoms with Gasteiger partial charge in [0.25, 0.3) is 0 Å². The molecule has 3 N–H and O–H groups in total. The van der Waals surface area contributed by atoms with Gasteiger partial charge in [-0.15, -0.1) is 0 Å². The molecule has 6 heteroatoms. The molecule has 1 rings (SSSR count). The number of halogens is 3. The Bertz CT molecular complexity index is 274. The molecule has 1 aliphatic carbocycles. The van der Waals surface area contributed by atoms with Gasteiger partial charge in [0.2, 0.25) is 5.91 Å². The van der Waals surface area contributed by atoms with Crippen LogP contribution in [0.3, 0.4) is 0 Å². The van der Waals surface area contributed by atoms with E-state index in [1.54, 1.807) is 6.92 Å². The summed E-state index contributed by atoms with van der Waals surface area (Å²) in [7, 11) is 0. The number of nitrogens with one attached hydrogen (secondary N) is 1. The molecule has 0 bridgehead atoms. The first-order chi connectivity index (χ1) is 7.23. The Morgan fingerprint density at radius 3 is 2.31 bits per heavy atom. The molecule has 0 radical (unpaired) electrons. The molecule has 0 aromatic carbocycles. The fourth-order valence-corrected chi connectivity index (χ4v) is 1.44. The number of carbonyl (C=O) groups is 1. The first-order valence-electron chi connectivity index (χ1n) is 5.38. The van der Waals surface area contributed by atoms with E-state index in [9.17, 15) is 18.0 Å². The molecule has 0 heterocycles. The third-order valence-corrected chi connectivity index (χ3v) is 3.21. The van der Waals surface area contributed by atoms with E-state index in [0.29, 0.717) is 6.42 Å². The minimum Gasteiger partial charge on any atom is -0.341 e. The summed E-state index contributed by atoms with van der Waals surface area (Å²) in [5.74, 6) is -0.826. The fourth-order valence-electron chi connectivity index (χ4n) is 1.44. The number of rotatable bonds is 4. The van der Waals surface area contributed by atoms with E-state index >= 15 is 0 Å². The minimum atomic E-state index is -4.38. The zero-order valence-electron chi connectivity index (χ0n) is 9.40. The van der Waals surface area contributed by atoms with Crippen LogP contribution in [0.4, 0.5) is 13.2 Å². The molecule has 3 nitrogen and oxygen atoms in total. The van der Waals surface area contributed by atoms with Crippen LogP contribution < -0.4 is 11.1 Å². The topological polar surface area (TPSA) is 55.1 Å². The van der Waals surface area contributed by atoms with E-state index in [2.05, 4.69) is 0 Å². The fraction of sp³-hybridized carbons (Fsp3) is 0.900. The maximum Gasteiger partial charge on any atom is 0.411 e. The third-order valence-electron chi connectivity index (χ3n) is 3.21. The highest BCUT2D eigenvalue weighted by molar-refractivity contribution is 5.83. The Labute approximate surface area is 92.6 Å². The van der Waals surface area contributed by atoms with Gasteiger partial charge in [-0.3, -0.25) is 4.79 Å². The zero-order chi connectivity index (χ0) is 12.6. The highest BCUT2D eigenvalue weighted by atomic mass is 19.4. The summed E-state index contributed by atoms with van der Waals surface area (Å²) in [6.07, 6.45) is -3.81. The van der Waals surface area contributed by atoms with E-state index in [-0.39, 0.29) is 18.8 Å². The van der Waals surface area contributed by atoms with Crippen LogP contribution in [0.25, 0.3) is 0 Å². The van der Waals surface area contributed by atoms with Gasteiger partial charge < -0.3 is 11.1 Å². The molecule has 1 unspecified atom stereocenters. The summed E-state index contributed by atoms with van der Waals surface area (Å²) in [6.45, 7) is 3.59. The predicted octanol–water partition coefficient (Wildman–Crippen LogP) is 1.57. The number of hydrogen-bond acceptors (Lipinski definition) is 2. The van der Waals surface area contributed by atoms with Crippen molar-refractivity contribution in [2.45, 2.75) is 50.9 Å². The minimum absolute atomic E-state index is 0.0462. The van der Waals surface area contributed by atoms with Crippen LogP contribution >= 0.6 is 0 Å². The molecule has 0 aromatic rings. The first kappa shape index (κ1) is 13.3. The first-order valence-corrected chi connectivity index (χ1v) is 5.38. The standard InChI is InChI=1S/C10H17F3N2O/c1-3-6(2)7(14)8(16)15-9(4-5-9)10(11,12)13/h6-7H,3-5,14H2,1-2H3,(H,15,16)/t6?,7-/m0/s1. The molecular weight excluding hydrogens is 221 g/mol. The summed E-state index contributed by atoms with van der Waals surface area (Å²) in [4.78, 5) is 11.5. The Morgan fingerprint density at radius 1 is 1.50 bits per heavy atom. The molecule has 0 aromatic heterocycles. The van der Waals surface area contributed by atoms with Crippen LogP contribution in [-0.2, 0) is 4.79 Å². The van der Waals surface area contributed by atoms with Gasteiger partial charge >= 0.3 is 6.18 Å². The number of hydrogen-bond donors (Lipinski definition) is 2. The monoisotopic (exact) mass is 238 g/mol. The van der Waals surface area contributed by atoms with E-state index < -0.39 is 23.7 Å². The van der Waals surface area contributed by atoms with Crippen LogP contribution in [0.2, 0.25) is 0 Å². The Morgan fingerprint density at radius 2 is 2.00 bits per heavy atom. The summed E-state index contributed by atoms with van der Waals surface area (Å²) in [6, 6.07) is -0.871. The lowest BCUT2D eigenvalue weighted by Gasteiger charge is -2.24. The molecule has 0 saturated heterocycles. The molecule has 1 fully saturated rings. The van der Waals surface area contributed by atoms with Gasteiger partial charge in [-0.2, -0.15) is 13.2 Å². The second-order valence-electron chi connectivity index (χ2n) is 4.48. The summed E-state index contributed by atoms with van der Waals surface area (Å²) < 4.78 is 37.6. The van der Waals surface area contributed by atoms with Crippen molar-refractivity contribution in [2.24, 2.45) is 11.7 Å². The molecule has 1 aliphatic rings. The van der Waals surface area contributed by atoms with Gasteiger partial charge in [0, 0.05) is 0 Å². The highest BCUT2D eigenvalue weighted by Crippen LogP contribution is 2.48. The maximum absolute atomic E-state index is 12.5. The largest absolute Gasteiger partial charge is 0.411 e. The Kier molecular flexibility index (Phi) is 3.52. The molecule has 16 heavy (non-hydrogen) atoms. The van der Waals surface area contributed by atoms with Gasteiger partial charge in [-0.25, -0.2) is 0 Å². The Hall–Kier alpha value is -0.780. The van der Waals surface area contributed by atoms with Gasteiger partial charge in [-0.1, -0.05) is 20.3 Å². The SMILES string of the molecule is CCC(C)[C@H](N)C(=O)NC1(C(F)(F)F)CC1.